The molecule has 0 heterocycles. The maximum Gasteiger partial charge on any atom is 0.235 e. The van der Waals surface area contributed by atoms with Crippen LogP contribution in [0, 0.1) is 6.92 Å². The van der Waals surface area contributed by atoms with Gasteiger partial charge in [0.25, 0.3) is 0 Å². The van der Waals surface area contributed by atoms with Gasteiger partial charge in [0.2, 0.25) is 6.41 Å². The fourth-order valence-electron chi connectivity index (χ4n) is 1.41. The number of aliphatic hydroxyl groups is 1. The molecule has 4 nitrogen and oxygen atoms in total. The summed E-state index contributed by atoms with van der Waals surface area (Å²) in [7, 11) is 0. The van der Waals surface area contributed by atoms with E-state index in [2.05, 4.69) is 5.32 Å². The average Bonchev–Trinajstić information content (AvgIpc) is 2.17. The maximum absolute atomic E-state index is 10.9. The fraction of sp³-hybridized carbons (Fsp3) is 0.462. The minimum Gasteiger partial charge on any atom is -0.351 e. The molecule has 0 spiro atoms. The van der Waals surface area contributed by atoms with E-state index in [-0.39, 0.29) is 0 Å². The topological polar surface area (TPSA) is 58.6 Å². The molecule has 94 valence electrons. The molecule has 2 N–H and O–H groups in total. The van der Waals surface area contributed by atoms with Crippen LogP contribution >= 0.6 is 0 Å². The van der Waals surface area contributed by atoms with Crippen molar-refractivity contribution in [1.29, 1.82) is 0 Å². The number of aliphatic hydroxyl groups excluding tert-OH is 1. The molecule has 0 aliphatic rings. The lowest BCUT2D eigenvalue weighted by atomic mass is 10.1. The van der Waals surface area contributed by atoms with Gasteiger partial charge in [-0.2, -0.15) is 0 Å². The van der Waals surface area contributed by atoms with Crippen LogP contribution in [0.25, 0.3) is 0 Å². The first kappa shape index (κ1) is 13.7. The molecule has 1 rings (SSSR count). The van der Waals surface area contributed by atoms with E-state index in [0.717, 1.165) is 11.8 Å². The van der Waals surface area contributed by atoms with Crippen molar-refractivity contribution < 1.29 is 14.6 Å². The van der Waals surface area contributed by atoms with E-state index >= 15 is 0 Å². The molecule has 1 atom stereocenters. The minimum absolute atomic E-state index is 0.460. The van der Waals surface area contributed by atoms with E-state index in [0.29, 0.717) is 11.3 Å². The van der Waals surface area contributed by atoms with Crippen molar-refractivity contribution >= 4 is 12.0 Å². The number of carbonyl (C=O) groups excluding carboxylic acids is 1. The van der Waals surface area contributed by atoms with Crippen molar-refractivity contribution in [3.63, 3.8) is 0 Å². The Morgan fingerprint density at radius 2 is 2.06 bits per heavy atom. The minimum atomic E-state index is -1.14. The van der Waals surface area contributed by atoms with Crippen molar-refractivity contribution in [1.82, 2.24) is 0 Å². The third-order valence-corrected chi connectivity index (χ3v) is 2.08. The second kappa shape index (κ2) is 5.29. The molecule has 4 heteroatoms. The van der Waals surface area contributed by atoms with Crippen molar-refractivity contribution in [3.05, 3.63) is 29.3 Å². The van der Waals surface area contributed by atoms with Gasteiger partial charge >= 0.3 is 0 Å². The van der Waals surface area contributed by atoms with Gasteiger partial charge < -0.3 is 15.2 Å². The van der Waals surface area contributed by atoms with E-state index in [1.54, 1.807) is 12.1 Å². The Balaban J connectivity index is 2.77. The van der Waals surface area contributed by atoms with Gasteiger partial charge in [-0.3, -0.25) is 4.79 Å². The highest BCUT2D eigenvalue weighted by atomic mass is 16.6. The van der Waals surface area contributed by atoms with E-state index < -0.39 is 12.0 Å². The number of hydrogen-bond donors (Lipinski definition) is 2. The smallest absolute Gasteiger partial charge is 0.235 e. The highest BCUT2D eigenvalue weighted by Crippen LogP contribution is 2.18. The predicted molar refractivity (Wildman–Crippen MR) is 67.0 cm³/mol. The number of rotatable bonds is 4. The molecular formula is C13H19NO3. The summed E-state index contributed by atoms with van der Waals surface area (Å²) in [4.78, 5) is 10.9. The zero-order valence-corrected chi connectivity index (χ0v) is 10.7. The zero-order chi connectivity index (χ0) is 13.1. The first-order chi connectivity index (χ1) is 7.81. The number of carbonyl (C=O) groups is 1. The quantitative estimate of drug-likeness (QED) is 0.623. The zero-order valence-electron chi connectivity index (χ0n) is 10.7. The SMILES string of the molecule is Cc1ccc(NC(O)OC(C)(C)C)c(C=O)c1. The lowest BCUT2D eigenvalue weighted by molar-refractivity contribution is -0.148. The molecule has 0 radical (unpaired) electrons. The molecule has 0 saturated carbocycles. The lowest BCUT2D eigenvalue weighted by Crippen LogP contribution is -2.32. The van der Waals surface area contributed by atoms with Crippen LogP contribution in [-0.4, -0.2) is 23.4 Å². The van der Waals surface area contributed by atoms with Gasteiger partial charge in [-0.25, -0.2) is 0 Å². The van der Waals surface area contributed by atoms with Gasteiger partial charge in [-0.05, 0) is 39.8 Å². The summed E-state index contributed by atoms with van der Waals surface area (Å²) in [6.45, 7) is 7.42. The summed E-state index contributed by atoms with van der Waals surface area (Å²) >= 11 is 0. The third kappa shape index (κ3) is 4.54. The highest BCUT2D eigenvalue weighted by Gasteiger charge is 2.17. The molecule has 0 amide bonds. The normalized spacial score (nSPS) is 13.2. The van der Waals surface area contributed by atoms with Gasteiger partial charge in [0.1, 0.15) is 0 Å². The number of benzene rings is 1. The number of aryl methyl sites for hydroxylation is 1. The van der Waals surface area contributed by atoms with Crippen LogP contribution in [0.1, 0.15) is 36.7 Å². The number of aldehydes is 1. The van der Waals surface area contributed by atoms with E-state index in [1.807, 2.05) is 33.8 Å². The molecule has 1 aromatic carbocycles. The van der Waals surface area contributed by atoms with Crippen LogP contribution in [-0.2, 0) is 4.74 Å². The molecule has 0 aromatic heterocycles. The van der Waals surface area contributed by atoms with E-state index in [4.69, 9.17) is 4.74 Å². The van der Waals surface area contributed by atoms with Crippen LogP contribution in [0.4, 0.5) is 5.69 Å². The number of hydrogen-bond acceptors (Lipinski definition) is 4. The van der Waals surface area contributed by atoms with Gasteiger partial charge in [0.05, 0.1) is 5.60 Å². The Morgan fingerprint density at radius 3 is 2.59 bits per heavy atom. The number of anilines is 1. The van der Waals surface area contributed by atoms with Crippen molar-refractivity contribution in [3.8, 4) is 0 Å². The lowest BCUT2D eigenvalue weighted by Gasteiger charge is -2.25. The molecular weight excluding hydrogens is 218 g/mol. The van der Waals surface area contributed by atoms with Crippen LogP contribution in [0.3, 0.4) is 0 Å². The van der Waals surface area contributed by atoms with Crippen LogP contribution in [0.15, 0.2) is 18.2 Å². The second-order valence-corrected chi connectivity index (χ2v) is 4.94. The van der Waals surface area contributed by atoms with Gasteiger partial charge in [-0.15, -0.1) is 0 Å². The van der Waals surface area contributed by atoms with Crippen LogP contribution in [0.5, 0.6) is 0 Å². The summed E-state index contributed by atoms with van der Waals surface area (Å²) in [5, 5.41) is 12.4. The van der Waals surface area contributed by atoms with Gasteiger partial charge in [-0.1, -0.05) is 11.6 Å². The first-order valence-corrected chi connectivity index (χ1v) is 5.50. The summed E-state index contributed by atoms with van der Waals surface area (Å²) < 4.78 is 5.30. The second-order valence-electron chi connectivity index (χ2n) is 4.94. The molecule has 0 fully saturated rings. The Kier molecular flexibility index (Phi) is 4.26. The predicted octanol–water partition coefficient (Wildman–Crippen LogP) is 2.31. The first-order valence-electron chi connectivity index (χ1n) is 5.50. The molecule has 17 heavy (non-hydrogen) atoms. The average molecular weight is 237 g/mol. The Hall–Kier alpha value is -1.39. The molecule has 0 aliphatic heterocycles. The Morgan fingerprint density at radius 1 is 1.41 bits per heavy atom. The largest absolute Gasteiger partial charge is 0.351 e. The van der Waals surface area contributed by atoms with Crippen LogP contribution < -0.4 is 5.32 Å². The summed E-state index contributed by atoms with van der Waals surface area (Å²) in [5.41, 5.74) is 1.59. The van der Waals surface area contributed by atoms with Crippen molar-refractivity contribution in [2.24, 2.45) is 0 Å². The molecule has 0 saturated heterocycles. The third-order valence-electron chi connectivity index (χ3n) is 2.08. The van der Waals surface area contributed by atoms with Crippen molar-refractivity contribution in [2.75, 3.05) is 5.32 Å². The number of ether oxygens (including phenoxy) is 1. The molecule has 1 aromatic rings. The van der Waals surface area contributed by atoms with Crippen LogP contribution in [0.2, 0.25) is 0 Å². The van der Waals surface area contributed by atoms with E-state index in [9.17, 15) is 9.90 Å². The van der Waals surface area contributed by atoms with Gasteiger partial charge in [0.15, 0.2) is 6.29 Å². The van der Waals surface area contributed by atoms with E-state index in [1.165, 1.54) is 0 Å². The van der Waals surface area contributed by atoms with Gasteiger partial charge in [0, 0.05) is 11.3 Å². The van der Waals surface area contributed by atoms with Crippen molar-refractivity contribution in [2.45, 2.75) is 39.7 Å². The number of nitrogens with one attached hydrogen (secondary N) is 1. The molecule has 0 bridgehead atoms. The Labute approximate surface area is 102 Å². The maximum atomic E-state index is 10.9. The molecule has 0 aliphatic carbocycles. The fourth-order valence-corrected chi connectivity index (χ4v) is 1.41. The standard InChI is InChI=1S/C13H19NO3/c1-9-5-6-11(10(7-9)8-15)14-12(16)17-13(2,3)4/h5-8,12,14,16H,1-4H3. The monoisotopic (exact) mass is 237 g/mol. The Bertz CT molecular complexity index is 396. The molecule has 1 unspecified atom stereocenters. The summed E-state index contributed by atoms with van der Waals surface area (Å²) in [5.74, 6) is 0. The summed E-state index contributed by atoms with van der Waals surface area (Å²) in [6, 6.07) is 5.35. The highest BCUT2D eigenvalue weighted by molar-refractivity contribution is 5.84. The summed E-state index contributed by atoms with van der Waals surface area (Å²) in [6.07, 6.45) is -0.393.